The van der Waals surface area contributed by atoms with Gasteiger partial charge in [-0.25, -0.2) is 13.2 Å². The quantitative estimate of drug-likeness (QED) is 0.679. The van der Waals surface area contributed by atoms with Crippen LogP contribution in [0.5, 0.6) is 0 Å². The number of H-pyrrole nitrogens is 1. The van der Waals surface area contributed by atoms with Crippen LogP contribution in [0, 0.1) is 0 Å². The molecule has 0 bridgehead atoms. The number of ether oxygens (including phenoxy) is 2. The molecule has 1 aromatic heterocycles. The zero-order valence-electron chi connectivity index (χ0n) is 15.8. The van der Waals surface area contributed by atoms with Crippen LogP contribution in [0.1, 0.15) is 31.1 Å². The minimum Gasteiger partial charge on any atom is -0.465 e. The molecule has 156 valence electrons. The molecule has 0 spiro atoms. The lowest BCUT2D eigenvalue weighted by Crippen LogP contribution is -2.53. The maximum absolute atomic E-state index is 13.5. The van der Waals surface area contributed by atoms with E-state index in [1.807, 2.05) is 0 Å². The predicted molar refractivity (Wildman–Crippen MR) is 103 cm³/mol. The molecule has 2 heterocycles. The van der Waals surface area contributed by atoms with Gasteiger partial charge in [-0.15, -0.1) is 0 Å². The van der Waals surface area contributed by atoms with Crippen LogP contribution in [0.4, 0.5) is 0 Å². The van der Waals surface area contributed by atoms with Gasteiger partial charge in [0.05, 0.1) is 24.3 Å². The number of sulfonamides is 1. The van der Waals surface area contributed by atoms with E-state index in [4.69, 9.17) is 21.1 Å². The van der Waals surface area contributed by atoms with Crippen molar-refractivity contribution >= 4 is 33.6 Å². The summed E-state index contributed by atoms with van der Waals surface area (Å²) < 4.78 is 38.1. The Bertz CT molecular complexity index is 1000. The highest BCUT2D eigenvalue weighted by atomic mass is 35.5. The number of carbonyl (C=O) groups excluding carboxylic acids is 2. The van der Waals surface area contributed by atoms with E-state index in [9.17, 15) is 18.0 Å². The minimum atomic E-state index is -4.29. The number of nitrogens with zero attached hydrogens (tertiary/aromatic N) is 2. The summed E-state index contributed by atoms with van der Waals surface area (Å²) in [7, 11) is -4.29. The van der Waals surface area contributed by atoms with Crippen molar-refractivity contribution in [3.8, 4) is 0 Å². The summed E-state index contributed by atoms with van der Waals surface area (Å²) >= 11 is 5.87. The molecule has 3 rings (SSSR count). The topological polar surface area (TPSA) is 119 Å². The van der Waals surface area contributed by atoms with Gasteiger partial charge in [0.25, 0.3) is 0 Å². The van der Waals surface area contributed by atoms with Gasteiger partial charge in [-0.3, -0.25) is 9.89 Å². The largest absolute Gasteiger partial charge is 0.465 e. The number of hydrogen-bond donors (Lipinski definition) is 1. The molecular formula is C18H20ClN3O6S. The molecule has 0 saturated heterocycles. The van der Waals surface area contributed by atoms with Crippen molar-refractivity contribution in [3.05, 3.63) is 46.7 Å². The molecule has 2 atom stereocenters. The summed E-state index contributed by atoms with van der Waals surface area (Å²) in [6.07, 6.45) is 1.35. The van der Waals surface area contributed by atoms with Crippen LogP contribution in [0.15, 0.2) is 35.4 Å². The van der Waals surface area contributed by atoms with Crippen molar-refractivity contribution in [2.45, 2.75) is 37.2 Å². The van der Waals surface area contributed by atoms with Crippen molar-refractivity contribution < 1.29 is 27.5 Å². The third-order valence-electron chi connectivity index (χ3n) is 4.46. The van der Waals surface area contributed by atoms with Gasteiger partial charge in [0, 0.05) is 22.7 Å². The van der Waals surface area contributed by atoms with Gasteiger partial charge in [0.1, 0.15) is 6.04 Å². The lowest BCUT2D eigenvalue weighted by Gasteiger charge is -2.37. The summed E-state index contributed by atoms with van der Waals surface area (Å²) in [5, 5.41) is 6.99. The number of esters is 2. The van der Waals surface area contributed by atoms with E-state index in [1.54, 1.807) is 13.8 Å². The van der Waals surface area contributed by atoms with Crippen molar-refractivity contribution in [3.63, 3.8) is 0 Å². The standard InChI is InChI=1S/C18H20ClN3O6S/c1-3-27-17(23)15-9-14-13(10-20-21-14)16(18(24)28-4-2)22(15)29(25,26)12-7-5-11(19)6-8-12/h5-8,10,15-16H,3-4,9H2,1-2H3,(H,20,21). The molecule has 2 aromatic rings. The Morgan fingerprint density at radius 2 is 1.79 bits per heavy atom. The zero-order valence-corrected chi connectivity index (χ0v) is 17.4. The van der Waals surface area contributed by atoms with E-state index < -0.39 is 34.0 Å². The third-order valence-corrected chi connectivity index (χ3v) is 6.60. The van der Waals surface area contributed by atoms with Crippen LogP contribution >= 0.6 is 11.6 Å². The second-order valence-corrected chi connectivity index (χ2v) is 8.50. The molecule has 1 aliphatic heterocycles. The molecule has 11 heteroatoms. The fourth-order valence-corrected chi connectivity index (χ4v) is 5.06. The predicted octanol–water partition coefficient (Wildman–Crippen LogP) is 1.85. The Morgan fingerprint density at radius 1 is 1.17 bits per heavy atom. The van der Waals surface area contributed by atoms with Gasteiger partial charge in [0.2, 0.25) is 10.0 Å². The van der Waals surface area contributed by atoms with Crippen LogP contribution in [-0.2, 0) is 35.5 Å². The number of nitrogens with one attached hydrogen (secondary N) is 1. The first kappa shape index (κ1) is 21.3. The highest BCUT2D eigenvalue weighted by Crippen LogP contribution is 2.38. The monoisotopic (exact) mass is 441 g/mol. The molecule has 0 saturated carbocycles. The van der Waals surface area contributed by atoms with E-state index in [0.29, 0.717) is 16.3 Å². The number of aromatic amines is 1. The number of halogens is 1. The maximum Gasteiger partial charge on any atom is 0.329 e. The third kappa shape index (κ3) is 4.00. The second-order valence-electron chi connectivity index (χ2n) is 6.22. The highest BCUT2D eigenvalue weighted by Gasteiger charge is 2.50. The first-order valence-electron chi connectivity index (χ1n) is 8.95. The molecule has 1 N–H and O–H groups in total. The molecule has 0 aliphatic carbocycles. The maximum atomic E-state index is 13.5. The van der Waals surface area contributed by atoms with Gasteiger partial charge in [-0.05, 0) is 38.1 Å². The van der Waals surface area contributed by atoms with E-state index in [1.165, 1.54) is 30.5 Å². The summed E-state index contributed by atoms with van der Waals surface area (Å²) in [5.74, 6) is -1.57. The Balaban J connectivity index is 2.18. The number of aromatic nitrogens is 2. The minimum absolute atomic E-state index is 0.0170. The summed E-state index contributed by atoms with van der Waals surface area (Å²) in [5.41, 5.74) is 0.810. The Morgan fingerprint density at radius 3 is 2.41 bits per heavy atom. The van der Waals surface area contributed by atoms with E-state index in [0.717, 1.165) is 4.31 Å². The highest BCUT2D eigenvalue weighted by molar-refractivity contribution is 7.89. The van der Waals surface area contributed by atoms with Gasteiger partial charge in [0.15, 0.2) is 6.04 Å². The molecule has 0 fully saturated rings. The molecule has 0 radical (unpaired) electrons. The second kappa shape index (κ2) is 8.52. The fourth-order valence-electron chi connectivity index (χ4n) is 3.23. The summed E-state index contributed by atoms with van der Waals surface area (Å²) in [4.78, 5) is 25.3. The van der Waals surface area contributed by atoms with Gasteiger partial charge in [-0.1, -0.05) is 11.6 Å². The molecule has 1 aliphatic rings. The Hall–Kier alpha value is -2.43. The number of benzene rings is 1. The lowest BCUT2D eigenvalue weighted by atomic mass is 9.96. The first-order valence-corrected chi connectivity index (χ1v) is 10.8. The average Bonchev–Trinajstić information content (AvgIpc) is 3.15. The Labute approximate surface area is 173 Å². The van der Waals surface area contributed by atoms with Crippen LogP contribution in [0.3, 0.4) is 0 Å². The van der Waals surface area contributed by atoms with Crippen LogP contribution in [0.25, 0.3) is 0 Å². The Kier molecular flexibility index (Phi) is 6.25. The van der Waals surface area contributed by atoms with Gasteiger partial charge < -0.3 is 9.47 Å². The van der Waals surface area contributed by atoms with Crippen molar-refractivity contribution in [1.29, 1.82) is 0 Å². The van der Waals surface area contributed by atoms with Gasteiger partial charge in [-0.2, -0.15) is 9.40 Å². The zero-order chi connectivity index (χ0) is 21.2. The van der Waals surface area contributed by atoms with E-state index in [-0.39, 0.29) is 24.5 Å². The average molecular weight is 442 g/mol. The van der Waals surface area contributed by atoms with Crippen molar-refractivity contribution in [2.75, 3.05) is 13.2 Å². The van der Waals surface area contributed by atoms with Gasteiger partial charge >= 0.3 is 11.9 Å². The smallest absolute Gasteiger partial charge is 0.329 e. The molecule has 1 aromatic carbocycles. The SMILES string of the molecule is CCOC(=O)C1Cc2[nH]ncc2C(C(=O)OCC)N1S(=O)(=O)c1ccc(Cl)cc1. The molecule has 29 heavy (non-hydrogen) atoms. The van der Waals surface area contributed by atoms with Crippen molar-refractivity contribution in [1.82, 2.24) is 14.5 Å². The van der Waals surface area contributed by atoms with Crippen LogP contribution in [0.2, 0.25) is 5.02 Å². The number of rotatable bonds is 6. The molecule has 0 amide bonds. The lowest BCUT2D eigenvalue weighted by molar-refractivity contribution is -0.154. The fraction of sp³-hybridized carbons (Fsp3) is 0.389. The van der Waals surface area contributed by atoms with E-state index in [2.05, 4.69) is 10.2 Å². The molecule has 9 nitrogen and oxygen atoms in total. The first-order chi connectivity index (χ1) is 13.8. The normalized spacial score (nSPS) is 19.4. The van der Waals surface area contributed by atoms with Crippen molar-refractivity contribution in [2.24, 2.45) is 0 Å². The number of fused-ring (bicyclic) bond motifs is 1. The molecular weight excluding hydrogens is 422 g/mol. The van der Waals surface area contributed by atoms with Crippen LogP contribution in [-0.4, -0.2) is 54.1 Å². The van der Waals surface area contributed by atoms with E-state index >= 15 is 0 Å². The summed E-state index contributed by atoms with van der Waals surface area (Å²) in [6, 6.07) is 2.81. The number of carbonyl (C=O) groups is 2. The molecule has 2 unspecified atom stereocenters. The summed E-state index contributed by atoms with van der Waals surface area (Å²) in [6.45, 7) is 3.33. The number of hydrogen-bond acceptors (Lipinski definition) is 7. The van der Waals surface area contributed by atoms with Crippen LogP contribution < -0.4 is 0 Å².